The Morgan fingerprint density at radius 2 is 1.76 bits per heavy atom. The van der Waals surface area contributed by atoms with Gasteiger partial charge in [0.25, 0.3) is 10.0 Å². The fourth-order valence-corrected chi connectivity index (χ4v) is 7.68. The van der Waals surface area contributed by atoms with Crippen molar-refractivity contribution in [3.8, 4) is 6.07 Å². The van der Waals surface area contributed by atoms with Crippen LogP contribution >= 0.6 is 0 Å². The molecule has 10 heteroatoms. The summed E-state index contributed by atoms with van der Waals surface area (Å²) in [6, 6.07) is 12.3. The van der Waals surface area contributed by atoms with Gasteiger partial charge in [0.2, 0.25) is 0 Å². The number of aromatic nitrogens is 1. The summed E-state index contributed by atoms with van der Waals surface area (Å²) in [5, 5.41) is 9.71. The first-order valence-electron chi connectivity index (χ1n) is 10.9. The molecule has 1 aliphatic carbocycles. The van der Waals surface area contributed by atoms with Crippen LogP contribution in [0.1, 0.15) is 35.2 Å². The number of benzene rings is 2. The monoisotopic (exact) mass is 506 g/mol. The van der Waals surface area contributed by atoms with Gasteiger partial charge in [-0.1, -0.05) is 17.7 Å². The Balaban J connectivity index is 2.18. The van der Waals surface area contributed by atoms with Crippen molar-refractivity contribution in [2.75, 3.05) is 0 Å². The normalized spacial score (nSPS) is 19.1. The first-order valence-corrected chi connectivity index (χ1v) is 15.7. The Kier molecular flexibility index (Phi) is 5.74. The van der Waals surface area contributed by atoms with Crippen molar-refractivity contribution < 1.29 is 26.0 Å². The maximum atomic E-state index is 14.9. The second-order valence-corrected chi connectivity index (χ2v) is 15.9. The Labute approximate surface area is 198 Å². The SMILES string of the molecule is Cc1ccc(S(=O)(=O)n2c3c(c4cc(C#N)ccc42)CCCC3(O[Si](C)(C)C)C(F)(F)F)cc1. The number of nitrogens with zero attached hydrogens (tertiary/aromatic N) is 2. The fourth-order valence-electron chi connectivity index (χ4n) is 4.71. The lowest BCUT2D eigenvalue weighted by Gasteiger charge is -2.43. The number of halogens is 3. The van der Waals surface area contributed by atoms with Gasteiger partial charge in [0.1, 0.15) is 0 Å². The molecule has 0 radical (unpaired) electrons. The summed E-state index contributed by atoms with van der Waals surface area (Å²) in [5.74, 6) is 0. The van der Waals surface area contributed by atoms with Crippen LogP contribution < -0.4 is 0 Å². The molecule has 0 amide bonds. The number of alkyl halides is 3. The summed E-state index contributed by atoms with van der Waals surface area (Å²) in [7, 11) is -7.23. The Morgan fingerprint density at radius 1 is 1.12 bits per heavy atom. The van der Waals surface area contributed by atoms with E-state index in [0.29, 0.717) is 5.39 Å². The van der Waals surface area contributed by atoms with E-state index in [4.69, 9.17) is 4.43 Å². The van der Waals surface area contributed by atoms with Gasteiger partial charge in [-0.3, -0.25) is 0 Å². The summed E-state index contributed by atoms with van der Waals surface area (Å²) in [5.41, 5.74) is -1.71. The molecule has 0 bridgehead atoms. The second kappa shape index (κ2) is 7.97. The van der Waals surface area contributed by atoms with Gasteiger partial charge in [0.15, 0.2) is 13.9 Å². The molecule has 2 aromatic carbocycles. The molecule has 0 N–H and O–H groups in total. The van der Waals surface area contributed by atoms with E-state index in [1.54, 1.807) is 38.7 Å². The van der Waals surface area contributed by atoms with Crippen molar-refractivity contribution in [1.82, 2.24) is 3.97 Å². The Hall–Kier alpha value is -2.61. The molecule has 0 fully saturated rings. The minimum Gasteiger partial charge on any atom is -0.399 e. The lowest BCUT2D eigenvalue weighted by atomic mass is 9.82. The molecule has 0 saturated heterocycles. The third kappa shape index (κ3) is 3.85. The van der Waals surface area contributed by atoms with Crippen molar-refractivity contribution in [3.63, 3.8) is 0 Å². The summed E-state index contributed by atoms with van der Waals surface area (Å²) in [4.78, 5) is -0.114. The topological polar surface area (TPSA) is 72.1 Å². The Bertz CT molecular complexity index is 1420. The predicted molar refractivity (Wildman–Crippen MR) is 126 cm³/mol. The van der Waals surface area contributed by atoms with Crippen LogP contribution in [0.3, 0.4) is 0 Å². The number of rotatable bonds is 4. The predicted octanol–water partition coefficient (Wildman–Crippen LogP) is 6.00. The van der Waals surface area contributed by atoms with Crippen molar-refractivity contribution >= 4 is 29.2 Å². The van der Waals surface area contributed by atoms with Crippen LogP contribution in [0.25, 0.3) is 10.9 Å². The van der Waals surface area contributed by atoms with Crippen LogP contribution in [0.5, 0.6) is 0 Å². The van der Waals surface area contributed by atoms with E-state index in [0.717, 1.165) is 9.54 Å². The third-order valence-electron chi connectivity index (χ3n) is 5.99. The largest absolute Gasteiger partial charge is 0.422 e. The van der Waals surface area contributed by atoms with Gasteiger partial charge in [-0.05, 0) is 81.7 Å². The van der Waals surface area contributed by atoms with Gasteiger partial charge in [-0.15, -0.1) is 0 Å². The van der Waals surface area contributed by atoms with Gasteiger partial charge in [0, 0.05) is 5.39 Å². The van der Waals surface area contributed by atoms with Crippen LogP contribution in [-0.4, -0.2) is 26.9 Å². The molecule has 0 saturated carbocycles. The van der Waals surface area contributed by atoms with Crippen molar-refractivity contribution in [2.45, 2.75) is 62.5 Å². The minimum absolute atomic E-state index is 0.110. The summed E-state index contributed by atoms with van der Waals surface area (Å²) < 4.78 is 79.4. The van der Waals surface area contributed by atoms with Gasteiger partial charge in [-0.2, -0.15) is 18.4 Å². The summed E-state index contributed by atoms with van der Waals surface area (Å²) in [6.45, 7) is 6.77. The number of fused-ring (bicyclic) bond motifs is 3. The van der Waals surface area contributed by atoms with E-state index in [1.807, 2.05) is 6.07 Å². The van der Waals surface area contributed by atoms with E-state index in [9.17, 15) is 26.9 Å². The van der Waals surface area contributed by atoms with Crippen LogP contribution in [0, 0.1) is 18.3 Å². The molecule has 1 aromatic heterocycles. The highest BCUT2D eigenvalue weighted by Crippen LogP contribution is 2.54. The van der Waals surface area contributed by atoms with Gasteiger partial charge in [0.05, 0.1) is 27.7 Å². The molecule has 180 valence electrons. The number of hydrogen-bond acceptors (Lipinski definition) is 4. The highest BCUT2D eigenvalue weighted by Gasteiger charge is 2.62. The molecule has 4 rings (SSSR count). The van der Waals surface area contributed by atoms with E-state index >= 15 is 0 Å². The average Bonchev–Trinajstić information content (AvgIpc) is 3.08. The molecule has 34 heavy (non-hydrogen) atoms. The van der Waals surface area contributed by atoms with Gasteiger partial charge < -0.3 is 4.43 Å². The zero-order valence-corrected chi connectivity index (χ0v) is 21.1. The second-order valence-electron chi connectivity index (χ2n) is 9.65. The molecule has 0 aliphatic heterocycles. The quantitative estimate of drug-likeness (QED) is 0.407. The highest BCUT2D eigenvalue weighted by molar-refractivity contribution is 7.90. The number of nitriles is 1. The zero-order chi connectivity index (χ0) is 25.1. The summed E-state index contributed by atoms with van der Waals surface area (Å²) in [6.07, 6.45) is -4.80. The molecule has 1 aliphatic rings. The van der Waals surface area contributed by atoms with E-state index in [2.05, 4.69) is 0 Å². The number of aryl methyl sites for hydroxylation is 2. The van der Waals surface area contributed by atoms with Gasteiger partial charge >= 0.3 is 6.18 Å². The molecule has 5 nitrogen and oxygen atoms in total. The van der Waals surface area contributed by atoms with Crippen molar-refractivity contribution in [2.24, 2.45) is 0 Å². The molecule has 3 aromatic rings. The standard InChI is InChI=1S/C24H25F3N2O3SSi/c1-16-7-10-18(11-8-16)33(30,31)29-21-12-9-17(15-28)14-20(21)19-6-5-13-23(22(19)29,24(25,26)27)32-34(2,3)4/h7-12,14H,5-6,13H2,1-4H3. The summed E-state index contributed by atoms with van der Waals surface area (Å²) >= 11 is 0. The van der Waals surface area contributed by atoms with E-state index in [-0.39, 0.29) is 46.5 Å². The first kappa shape index (κ1) is 24.5. The fraction of sp³-hybridized carbons (Fsp3) is 0.375. The maximum absolute atomic E-state index is 14.9. The smallest absolute Gasteiger partial charge is 0.399 e. The number of hydrogen-bond donors (Lipinski definition) is 0. The van der Waals surface area contributed by atoms with Crippen LogP contribution in [0.2, 0.25) is 19.6 Å². The minimum atomic E-state index is -4.85. The molecule has 1 unspecified atom stereocenters. The van der Waals surface area contributed by atoms with E-state index < -0.39 is 30.1 Å². The molecule has 1 heterocycles. The van der Waals surface area contributed by atoms with Crippen LogP contribution in [0.15, 0.2) is 47.4 Å². The lowest BCUT2D eigenvalue weighted by molar-refractivity contribution is -0.264. The molecule has 0 spiro atoms. The van der Waals surface area contributed by atoms with Crippen molar-refractivity contribution in [1.29, 1.82) is 5.26 Å². The van der Waals surface area contributed by atoms with Gasteiger partial charge in [-0.25, -0.2) is 12.4 Å². The first-order chi connectivity index (χ1) is 15.7. The maximum Gasteiger partial charge on any atom is 0.422 e. The van der Waals surface area contributed by atoms with Crippen LogP contribution in [-0.2, 0) is 26.5 Å². The highest BCUT2D eigenvalue weighted by atomic mass is 32.2. The zero-order valence-electron chi connectivity index (χ0n) is 19.3. The lowest BCUT2D eigenvalue weighted by Crippen LogP contribution is -2.53. The molecular formula is C24H25F3N2O3SSi. The molecule has 1 atom stereocenters. The van der Waals surface area contributed by atoms with Crippen molar-refractivity contribution in [3.05, 3.63) is 64.8 Å². The van der Waals surface area contributed by atoms with Crippen LogP contribution in [0.4, 0.5) is 13.2 Å². The average molecular weight is 507 g/mol. The Morgan fingerprint density at radius 3 is 2.32 bits per heavy atom. The third-order valence-corrected chi connectivity index (χ3v) is 8.68. The molecular weight excluding hydrogens is 481 g/mol. The van der Waals surface area contributed by atoms with E-state index in [1.165, 1.54) is 30.3 Å².